The van der Waals surface area contributed by atoms with Crippen molar-refractivity contribution < 1.29 is 59.9 Å². The Hall–Kier alpha value is -4.11. The number of hydrogen-bond acceptors (Lipinski definition) is 10. The molecule has 0 aromatic heterocycles. The second-order valence-corrected chi connectivity index (χ2v) is 18.9. The molecule has 4 fully saturated rings. The van der Waals surface area contributed by atoms with Gasteiger partial charge in [-0.25, -0.2) is 14.4 Å². The largest absolute Gasteiger partial charge is 0.458 e. The van der Waals surface area contributed by atoms with Crippen molar-refractivity contribution in [3.8, 4) is 0 Å². The molecule has 7 rings (SSSR count). The predicted octanol–water partition coefficient (Wildman–Crippen LogP) is 2.18. The molecule has 0 heterocycles. The van der Waals surface area contributed by atoms with Gasteiger partial charge in [-0.15, -0.1) is 0 Å². The lowest BCUT2D eigenvalue weighted by molar-refractivity contribution is -0.278. The highest BCUT2D eigenvalue weighted by Crippen LogP contribution is 2.68. The first-order valence-corrected chi connectivity index (χ1v) is 22.5. The molecule has 0 aliphatic heterocycles. The summed E-state index contributed by atoms with van der Waals surface area (Å²) >= 11 is 0. The zero-order valence-electron chi connectivity index (χ0n) is 36.2. The number of hydrogen-bond donors (Lipinski definition) is 1. The third-order valence-electron chi connectivity index (χ3n) is 12.9. The Morgan fingerprint density at radius 3 is 1.30 bits per heavy atom. The number of ether oxygens (including phenoxy) is 4. The molecule has 1 N–H and O–H groups in total. The minimum Gasteiger partial charge on any atom is -0.458 e. The van der Waals surface area contributed by atoms with E-state index in [9.17, 15) is 40.9 Å². The Kier molecular flexibility index (Phi) is 15.1. The minimum absolute atomic E-state index is 0.0203. The lowest BCUT2D eigenvalue weighted by Crippen LogP contribution is -2.73. The van der Waals surface area contributed by atoms with E-state index in [4.69, 9.17) is 89.6 Å². The summed E-state index contributed by atoms with van der Waals surface area (Å²) in [6, 6.07) is 9.49. The third kappa shape index (κ3) is 9.63. The summed E-state index contributed by atoms with van der Waals surface area (Å²) in [7, 11) is 48.4. The van der Waals surface area contributed by atoms with Crippen LogP contribution in [0.4, 0.5) is 8.78 Å². The number of esters is 4. The van der Waals surface area contributed by atoms with Gasteiger partial charge < -0.3 is 18.9 Å². The summed E-state index contributed by atoms with van der Waals surface area (Å²) in [6.07, 6.45) is -3.37. The van der Waals surface area contributed by atoms with Crippen LogP contribution in [-0.2, 0) is 90.7 Å². The van der Waals surface area contributed by atoms with Crippen LogP contribution < -0.4 is 0 Å². The standard InChI is InChI=1S/C43H39B9F2O11S/c44-7-23-3-27(11-48)31(13-50)29(5-23)35(55)63-40-16-39(38(58)62-22-43(53,54)66(59,60)61)17-41(19-40,64-36(56)30-6-24(8-45)4-28(12-49)32(30)14-51)21-42(18-39,20-40)65-37(57)34-26(10-47)2-1-25(9-46)33(34)15-52/h1-6H,7-22H2,(H,59,60,61). The average Bonchev–Trinajstić information content (AvgIpc) is 3.27. The van der Waals surface area contributed by atoms with Gasteiger partial charge in [0, 0.05) is 38.5 Å². The highest BCUT2D eigenvalue weighted by atomic mass is 32.2. The summed E-state index contributed by atoms with van der Waals surface area (Å²) in [5.74, 6) is -4.45. The van der Waals surface area contributed by atoms with Crippen LogP contribution in [0.15, 0.2) is 36.4 Å². The zero-order chi connectivity index (χ0) is 48.6. The van der Waals surface area contributed by atoms with Crippen LogP contribution in [0.3, 0.4) is 0 Å². The smallest absolute Gasteiger partial charge is 0.402 e. The van der Waals surface area contributed by atoms with Gasteiger partial charge in [0.2, 0.25) is 0 Å². The molecule has 324 valence electrons. The van der Waals surface area contributed by atoms with Gasteiger partial charge in [0.05, 0.1) is 92.7 Å². The van der Waals surface area contributed by atoms with Crippen molar-refractivity contribution in [2.45, 2.75) is 117 Å². The summed E-state index contributed by atoms with van der Waals surface area (Å²) in [5, 5.41) is -4.96. The van der Waals surface area contributed by atoms with Crippen LogP contribution in [0.1, 0.15) is 120 Å². The van der Waals surface area contributed by atoms with E-state index in [0.717, 1.165) is 0 Å². The first kappa shape index (κ1) is 51.3. The fourth-order valence-electron chi connectivity index (χ4n) is 10.7. The number of benzene rings is 3. The molecule has 66 heavy (non-hydrogen) atoms. The first-order valence-electron chi connectivity index (χ1n) is 21.1. The Balaban J connectivity index is 1.57. The zero-order valence-corrected chi connectivity index (χ0v) is 37.0. The van der Waals surface area contributed by atoms with Gasteiger partial charge in [-0.3, -0.25) is 9.35 Å². The molecule has 2 atom stereocenters. The maximum absolute atomic E-state index is 14.8. The average molecular weight is 899 g/mol. The molecule has 3 aromatic carbocycles. The van der Waals surface area contributed by atoms with Crippen molar-refractivity contribution in [1.82, 2.24) is 0 Å². The summed E-state index contributed by atoms with van der Waals surface area (Å²) in [4.78, 5) is 58.7. The van der Waals surface area contributed by atoms with Gasteiger partial charge >= 0.3 is 39.2 Å². The van der Waals surface area contributed by atoms with Crippen molar-refractivity contribution in [3.63, 3.8) is 0 Å². The van der Waals surface area contributed by atoms with Crippen LogP contribution in [0.2, 0.25) is 0 Å². The Morgan fingerprint density at radius 2 is 0.939 bits per heavy atom. The molecular weight excluding hydrogens is 860 g/mol. The number of carbonyl (C=O) groups is 4. The highest BCUT2D eigenvalue weighted by Gasteiger charge is 2.75. The maximum atomic E-state index is 14.8. The molecule has 11 nitrogen and oxygen atoms in total. The molecule has 4 aliphatic carbocycles. The van der Waals surface area contributed by atoms with E-state index in [0.29, 0.717) is 50.1 Å². The van der Waals surface area contributed by atoms with E-state index >= 15 is 0 Å². The minimum atomic E-state index is -6.09. The predicted molar refractivity (Wildman–Crippen MR) is 246 cm³/mol. The number of alkyl halides is 2. The molecule has 0 amide bonds. The van der Waals surface area contributed by atoms with Gasteiger partial charge in [-0.1, -0.05) is 109 Å². The van der Waals surface area contributed by atoms with Gasteiger partial charge in [0.15, 0.2) is 6.61 Å². The molecule has 0 spiro atoms. The van der Waals surface area contributed by atoms with E-state index < -0.39 is 87.3 Å². The van der Waals surface area contributed by atoms with Crippen molar-refractivity contribution in [3.05, 3.63) is 103 Å². The quantitative estimate of drug-likeness (QED) is 0.0814. The molecule has 2 unspecified atom stereocenters. The normalized spacial score (nSPS) is 23.3. The topological polar surface area (TPSA) is 160 Å². The van der Waals surface area contributed by atoms with Crippen LogP contribution >= 0.6 is 0 Å². The number of rotatable bonds is 19. The van der Waals surface area contributed by atoms with E-state index in [2.05, 4.69) is 0 Å². The van der Waals surface area contributed by atoms with Crippen molar-refractivity contribution in [1.29, 1.82) is 0 Å². The van der Waals surface area contributed by atoms with Gasteiger partial charge in [-0.05, 0) is 34.4 Å². The van der Waals surface area contributed by atoms with Crippen molar-refractivity contribution in [2.75, 3.05) is 6.61 Å². The number of halogens is 2. The molecule has 23 heteroatoms. The van der Waals surface area contributed by atoms with Gasteiger partial charge in [0.1, 0.15) is 16.8 Å². The van der Waals surface area contributed by atoms with Gasteiger partial charge in [-0.2, -0.15) is 17.2 Å². The summed E-state index contributed by atoms with van der Waals surface area (Å²) in [5.41, 5.74) is -4.42. The monoisotopic (exact) mass is 900 g/mol. The van der Waals surface area contributed by atoms with E-state index in [1.54, 1.807) is 24.3 Å². The van der Waals surface area contributed by atoms with Crippen molar-refractivity contribution in [2.24, 2.45) is 5.41 Å². The highest BCUT2D eigenvalue weighted by molar-refractivity contribution is 7.86. The molecule has 18 radical (unpaired) electrons. The summed E-state index contributed by atoms with van der Waals surface area (Å²) < 4.78 is 86.5. The van der Waals surface area contributed by atoms with Crippen LogP contribution in [0.5, 0.6) is 0 Å². The summed E-state index contributed by atoms with van der Waals surface area (Å²) in [6.45, 7) is -2.13. The number of carbonyl (C=O) groups excluding carboxylic acids is 4. The lowest BCUT2D eigenvalue weighted by Gasteiger charge is -2.66. The Morgan fingerprint density at radius 1 is 0.545 bits per heavy atom. The molecule has 0 saturated heterocycles. The lowest BCUT2D eigenvalue weighted by atomic mass is 9.44. The fraction of sp³-hybridized carbons (Fsp3) is 0.488. The molecular formula is C43H39B9F2O11S. The maximum Gasteiger partial charge on any atom is 0.402 e. The van der Waals surface area contributed by atoms with Crippen LogP contribution in [0.25, 0.3) is 0 Å². The van der Waals surface area contributed by atoms with E-state index in [1.807, 2.05) is 0 Å². The van der Waals surface area contributed by atoms with E-state index in [1.165, 1.54) is 12.1 Å². The third-order valence-corrected chi connectivity index (χ3v) is 13.8. The van der Waals surface area contributed by atoms with Crippen molar-refractivity contribution >= 4 is 105 Å². The molecule has 3 aromatic rings. The van der Waals surface area contributed by atoms with E-state index in [-0.39, 0.29) is 92.8 Å². The van der Waals surface area contributed by atoms with Crippen LogP contribution in [0, 0.1) is 5.41 Å². The molecule has 4 bridgehead atoms. The Labute approximate surface area is 395 Å². The second kappa shape index (κ2) is 19.5. The molecule has 4 aliphatic rings. The Bertz CT molecular complexity index is 2450. The SMILES string of the molecule is [B]Cc1cc(C[B])c(C[B])c(C(=O)OC23CC4(OC(=O)c5cc(C[B])cc(C[B])c5C[B])CC(OC(=O)c5c(C[B])ccc(C[B])c5C[B])(C2)CC(C(=O)OCC(F)(F)S(=O)(=O)O)(C3)C4)c1. The second-order valence-electron chi connectivity index (χ2n) is 17.4. The molecule has 4 saturated carbocycles. The fourth-order valence-corrected chi connectivity index (χ4v) is 10.9. The van der Waals surface area contributed by atoms with Gasteiger partial charge in [0.25, 0.3) is 0 Å². The van der Waals surface area contributed by atoms with Crippen LogP contribution in [-0.4, -0.2) is 136 Å². The first-order chi connectivity index (χ1) is 31.1.